The predicted octanol–water partition coefficient (Wildman–Crippen LogP) is 5.20. The summed E-state index contributed by atoms with van der Waals surface area (Å²) in [4.78, 5) is 6.49. The molecule has 5 rings (SSSR count). The molecule has 28 heavy (non-hydrogen) atoms. The molecule has 0 fully saturated rings. The van der Waals surface area contributed by atoms with Crippen LogP contribution in [0.5, 0.6) is 0 Å². The third kappa shape index (κ3) is 2.56. The lowest BCUT2D eigenvalue weighted by atomic mass is 10.0. The number of alkyl halides is 2. The summed E-state index contributed by atoms with van der Waals surface area (Å²) in [6.07, 6.45) is -1.03. The lowest BCUT2D eigenvalue weighted by Crippen LogP contribution is -2.26. The minimum Gasteiger partial charge on any atom is -0.325 e. The average molecular weight is 448 g/mol. The van der Waals surface area contributed by atoms with Crippen LogP contribution in [0.3, 0.4) is 0 Å². The molecule has 0 amide bonds. The van der Waals surface area contributed by atoms with E-state index in [2.05, 4.69) is 31.1 Å². The molecule has 0 spiro atoms. The Kier molecular flexibility index (Phi) is 4.01. The number of halogens is 4. The summed E-state index contributed by atoms with van der Waals surface area (Å²) in [5.74, 6) is -0.429. The van der Waals surface area contributed by atoms with Gasteiger partial charge in [-0.2, -0.15) is 4.98 Å². The van der Waals surface area contributed by atoms with Crippen LogP contribution in [0.4, 0.5) is 24.7 Å². The van der Waals surface area contributed by atoms with Crippen molar-refractivity contribution in [2.45, 2.75) is 19.3 Å². The molecule has 0 radical (unpaired) electrons. The normalized spacial score (nSPS) is 14.2. The van der Waals surface area contributed by atoms with Gasteiger partial charge < -0.3 is 4.90 Å². The Morgan fingerprint density at radius 2 is 1.96 bits per heavy atom. The van der Waals surface area contributed by atoms with E-state index in [1.807, 2.05) is 23.1 Å². The van der Waals surface area contributed by atoms with Crippen molar-refractivity contribution in [1.82, 2.24) is 19.6 Å². The van der Waals surface area contributed by atoms with Gasteiger partial charge in [-0.25, -0.2) is 13.2 Å². The molecular formula is C19H13BrF3N5. The Morgan fingerprint density at radius 1 is 1.11 bits per heavy atom. The van der Waals surface area contributed by atoms with Crippen LogP contribution in [0, 0.1) is 5.82 Å². The third-order valence-corrected chi connectivity index (χ3v) is 5.70. The highest BCUT2D eigenvalue weighted by molar-refractivity contribution is 9.10. The molecule has 0 atom stereocenters. The molecule has 0 N–H and O–H groups in total. The first kappa shape index (κ1) is 17.4. The molecule has 0 saturated carbocycles. The summed E-state index contributed by atoms with van der Waals surface area (Å²) in [5, 5.41) is 7.86. The molecule has 142 valence electrons. The van der Waals surface area contributed by atoms with Gasteiger partial charge in [0.05, 0.1) is 5.52 Å². The third-order valence-electron chi connectivity index (χ3n) is 4.96. The van der Waals surface area contributed by atoms with Gasteiger partial charge in [-0.1, -0.05) is 22.0 Å². The van der Waals surface area contributed by atoms with Crippen LogP contribution < -0.4 is 4.90 Å². The smallest absolute Gasteiger partial charge is 0.297 e. The van der Waals surface area contributed by atoms with Crippen molar-refractivity contribution in [3.8, 4) is 0 Å². The monoisotopic (exact) mass is 447 g/mol. The van der Waals surface area contributed by atoms with E-state index >= 15 is 0 Å². The summed E-state index contributed by atoms with van der Waals surface area (Å²) >= 11 is 3.59. The van der Waals surface area contributed by atoms with Crippen LogP contribution >= 0.6 is 15.9 Å². The van der Waals surface area contributed by atoms with Gasteiger partial charge in [0.25, 0.3) is 12.2 Å². The maximum Gasteiger partial charge on any atom is 0.297 e. The fourth-order valence-corrected chi connectivity index (χ4v) is 4.33. The van der Waals surface area contributed by atoms with Gasteiger partial charge in [-0.05, 0) is 48.7 Å². The molecule has 1 aliphatic rings. The van der Waals surface area contributed by atoms with E-state index in [-0.39, 0.29) is 5.78 Å². The molecule has 0 unspecified atom stereocenters. The van der Waals surface area contributed by atoms with Crippen LogP contribution in [-0.4, -0.2) is 26.1 Å². The first-order valence-electron chi connectivity index (χ1n) is 8.72. The van der Waals surface area contributed by atoms with Gasteiger partial charge in [-0.15, -0.1) is 10.2 Å². The van der Waals surface area contributed by atoms with Gasteiger partial charge in [0.1, 0.15) is 11.6 Å². The summed E-state index contributed by atoms with van der Waals surface area (Å²) in [6.45, 7) is 0.675. The maximum absolute atomic E-state index is 14.1. The number of nitrogens with zero attached hydrogens (tertiary/aromatic N) is 5. The number of hydrogen-bond acceptors (Lipinski definition) is 4. The van der Waals surface area contributed by atoms with Gasteiger partial charge in [-0.3, -0.25) is 4.40 Å². The van der Waals surface area contributed by atoms with Gasteiger partial charge in [0.2, 0.25) is 5.82 Å². The lowest BCUT2D eigenvalue weighted by Gasteiger charge is -2.31. The summed E-state index contributed by atoms with van der Waals surface area (Å²) in [5.41, 5.74) is 2.48. The van der Waals surface area contributed by atoms with E-state index in [9.17, 15) is 13.2 Å². The molecular weight excluding hydrogens is 435 g/mol. The largest absolute Gasteiger partial charge is 0.325 e. The first-order chi connectivity index (χ1) is 13.5. The molecule has 0 saturated heterocycles. The number of aromatic nitrogens is 4. The van der Waals surface area contributed by atoms with Crippen molar-refractivity contribution in [1.29, 1.82) is 0 Å². The fraction of sp³-hybridized carbons (Fsp3) is 0.211. The quantitative estimate of drug-likeness (QED) is 0.423. The highest BCUT2D eigenvalue weighted by Crippen LogP contribution is 2.39. The van der Waals surface area contributed by atoms with Crippen molar-refractivity contribution in [3.05, 3.63) is 58.1 Å². The van der Waals surface area contributed by atoms with E-state index in [0.29, 0.717) is 23.3 Å². The molecule has 3 heterocycles. The Hall–Kier alpha value is -2.68. The van der Waals surface area contributed by atoms with Gasteiger partial charge in [0.15, 0.2) is 0 Å². The second-order valence-electron chi connectivity index (χ2n) is 6.58. The molecule has 0 aliphatic carbocycles. The average Bonchev–Trinajstić information content (AvgIpc) is 3.11. The molecule has 2 aromatic heterocycles. The second-order valence-corrected chi connectivity index (χ2v) is 7.44. The Bertz CT molecular complexity index is 1220. The van der Waals surface area contributed by atoms with E-state index < -0.39 is 18.1 Å². The zero-order chi connectivity index (χ0) is 19.4. The molecule has 2 aromatic carbocycles. The number of hydrogen-bond donors (Lipinski definition) is 0. The molecule has 1 aliphatic heterocycles. The van der Waals surface area contributed by atoms with Crippen LogP contribution in [0.25, 0.3) is 16.7 Å². The molecule has 4 aromatic rings. The van der Waals surface area contributed by atoms with E-state index in [0.717, 1.165) is 28.6 Å². The topological polar surface area (TPSA) is 46.3 Å². The van der Waals surface area contributed by atoms with Crippen molar-refractivity contribution < 1.29 is 13.2 Å². The first-order valence-corrected chi connectivity index (χ1v) is 9.51. The van der Waals surface area contributed by atoms with Crippen LogP contribution in [-0.2, 0) is 6.42 Å². The van der Waals surface area contributed by atoms with Crippen LogP contribution in [0.2, 0.25) is 0 Å². The highest BCUT2D eigenvalue weighted by atomic mass is 79.9. The van der Waals surface area contributed by atoms with Crippen molar-refractivity contribution in [2.75, 3.05) is 11.4 Å². The zero-order valence-electron chi connectivity index (χ0n) is 14.4. The second kappa shape index (κ2) is 6.44. The standard InChI is InChI=1S/C19H13BrF3N5/c20-13-4-1-5-14-11(13)3-2-8-27(14)17-12-9-10(21)6-7-15(12)28-18(16(22)23)25-26-19(28)24-17/h1,4-7,9,16H,2-3,8H2. The predicted molar refractivity (Wildman–Crippen MR) is 103 cm³/mol. The van der Waals surface area contributed by atoms with Crippen molar-refractivity contribution >= 4 is 44.1 Å². The molecule has 5 nitrogen and oxygen atoms in total. The maximum atomic E-state index is 14.1. The number of fused-ring (bicyclic) bond motifs is 4. The molecule has 0 bridgehead atoms. The lowest BCUT2D eigenvalue weighted by molar-refractivity contribution is 0.139. The molecule has 9 heteroatoms. The summed E-state index contributed by atoms with van der Waals surface area (Å²) in [6, 6.07) is 9.90. The minimum atomic E-state index is -2.82. The number of anilines is 2. The SMILES string of the molecule is Fc1ccc2c(c1)c(N1CCCc3c(Br)cccc31)nc1nnc(C(F)F)n12. The van der Waals surface area contributed by atoms with E-state index in [1.54, 1.807) is 0 Å². The number of rotatable bonds is 2. The van der Waals surface area contributed by atoms with Crippen molar-refractivity contribution in [3.63, 3.8) is 0 Å². The van der Waals surface area contributed by atoms with Gasteiger partial charge >= 0.3 is 0 Å². The summed E-state index contributed by atoms with van der Waals surface area (Å²) in [7, 11) is 0. The van der Waals surface area contributed by atoms with E-state index in [4.69, 9.17) is 0 Å². The summed E-state index contributed by atoms with van der Waals surface area (Å²) < 4.78 is 43.1. The van der Waals surface area contributed by atoms with Crippen LogP contribution in [0.1, 0.15) is 24.2 Å². The Balaban J connectivity index is 1.84. The van der Waals surface area contributed by atoms with E-state index in [1.165, 1.54) is 22.6 Å². The minimum absolute atomic E-state index is 0.0616. The highest BCUT2D eigenvalue weighted by Gasteiger charge is 2.26. The Morgan fingerprint density at radius 3 is 2.79 bits per heavy atom. The Labute approximate surface area is 165 Å². The number of benzene rings is 2. The van der Waals surface area contributed by atoms with Crippen LogP contribution in [0.15, 0.2) is 40.9 Å². The van der Waals surface area contributed by atoms with Crippen molar-refractivity contribution in [2.24, 2.45) is 0 Å². The van der Waals surface area contributed by atoms with Gasteiger partial charge in [0, 0.05) is 22.1 Å². The zero-order valence-corrected chi connectivity index (χ0v) is 16.0. The fourth-order valence-electron chi connectivity index (χ4n) is 3.78.